The molecule has 5 heteroatoms. The smallest absolute Gasteiger partial charge is 0.335 e. The largest absolute Gasteiger partial charge is 0.478 e. The second kappa shape index (κ2) is 6.30. The Morgan fingerprint density at radius 1 is 1.41 bits per heavy atom. The van der Waals surface area contributed by atoms with E-state index >= 15 is 0 Å². The lowest BCUT2D eigenvalue weighted by atomic mass is 10.2. The van der Waals surface area contributed by atoms with Gasteiger partial charge in [0.2, 0.25) is 5.91 Å². The van der Waals surface area contributed by atoms with Gasteiger partial charge in [0.25, 0.3) is 0 Å². The number of hydrogen-bond donors (Lipinski definition) is 2. The lowest BCUT2D eigenvalue weighted by molar-refractivity contribution is -0.113. The van der Waals surface area contributed by atoms with Gasteiger partial charge in [-0.05, 0) is 23.4 Å². The van der Waals surface area contributed by atoms with E-state index in [-0.39, 0.29) is 11.5 Å². The van der Waals surface area contributed by atoms with E-state index in [1.54, 1.807) is 23.9 Å². The number of thioether (sulfide) groups is 1. The molecule has 0 aliphatic rings. The van der Waals surface area contributed by atoms with Crippen LogP contribution in [0.4, 0.5) is 5.69 Å². The molecule has 1 aromatic carbocycles. The summed E-state index contributed by atoms with van der Waals surface area (Å²) in [6.07, 6.45) is 0. The standard InChI is InChI=1S/C12H15NO3S/c1-8(2)17-7-11(14)13-10-5-3-4-9(6-10)12(15)16/h3-6,8H,7H2,1-2H3,(H,13,14)(H,15,16). The minimum Gasteiger partial charge on any atom is -0.478 e. The summed E-state index contributed by atoms with van der Waals surface area (Å²) in [7, 11) is 0. The van der Waals surface area contributed by atoms with Gasteiger partial charge >= 0.3 is 5.97 Å². The summed E-state index contributed by atoms with van der Waals surface area (Å²) in [5.74, 6) is -0.751. The SMILES string of the molecule is CC(C)SCC(=O)Nc1cccc(C(=O)O)c1. The first kappa shape index (κ1) is 13.6. The molecule has 0 fully saturated rings. The van der Waals surface area contributed by atoms with Gasteiger partial charge in [-0.2, -0.15) is 0 Å². The highest BCUT2D eigenvalue weighted by molar-refractivity contribution is 8.00. The van der Waals surface area contributed by atoms with E-state index in [1.807, 2.05) is 13.8 Å². The number of rotatable bonds is 5. The van der Waals surface area contributed by atoms with Crippen molar-refractivity contribution in [2.24, 2.45) is 0 Å². The second-order valence-corrected chi connectivity index (χ2v) is 5.36. The zero-order valence-electron chi connectivity index (χ0n) is 9.77. The fourth-order valence-corrected chi connectivity index (χ4v) is 1.73. The molecule has 0 saturated carbocycles. The van der Waals surface area contributed by atoms with E-state index in [0.717, 1.165) is 0 Å². The maximum Gasteiger partial charge on any atom is 0.335 e. The molecule has 0 aliphatic carbocycles. The highest BCUT2D eigenvalue weighted by Crippen LogP contribution is 2.13. The number of benzene rings is 1. The van der Waals surface area contributed by atoms with E-state index in [9.17, 15) is 9.59 Å². The molecule has 0 aliphatic heterocycles. The highest BCUT2D eigenvalue weighted by atomic mass is 32.2. The van der Waals surface area contributed by atoms with Crippen LogP contribution in [0.2, 0.25) is 0 Å². The van der Waals surface area contributed by atoms with Crippen LogP contribution in [-0.4, -0.2) is 28.0 Å². The number of aromatic carboxylic acids is 1. The first-order valence-electron chi connectivity index (χ1n) is 5.24. The zero-order valence-corrected chi connectivity index (χ0v) is 10.6. The average molecular weight is 253 g/mol. The third kappa shape index (κ3) is 4.91. The summed E-state index contributed by atoms with van der Waals surface area (Å²) in [5.41, 5.74) is 0.679. The molecular formula is C12H15NO3S. The van der Waals surface area contributed by atoms with Crippen molar-refractivity contribution in [3.05, 3.63) is 29.8 Å². The van der Waals surface area contributed by atoms with Crippen LogP contribution < -0.4 is 5.32 Å². The Hall–Kier alpha value is -1.49. The van der Waals surface area contributed by atoms with Crippen LogP contribution >= 0.6 is 11.8 Å². The average Bonchev–Trinajstić information content (AvgIpc) is 2.26. The molecule has 0 unspecified atom stereocenters. The van der Waals surface area contributed by atoms with E-state index in [1.165, 1.54) is 12.1 Å². The quantitative estimate of drug-likeness (QED) is 0.846. The van der Waals surface area contributed by atoms with Crippen molar-refractivity contribution in [3.8, 4) is 0 Å². The number of anilines is 1. The van der Waals surface area contributed by atoms with Gasteiger partial charge in [0.05, 0.1) is 11.3 Å². The monoisotopic (exact) mass is 253 g/mol. The van der Waals surface area contributed by atoms with Gasteiger partial charge < -0.3 is 10.4 Å². The highest BCUT2D eigenvalue weighted by Gasteiger charge is 2.07. The summed E-state index contributed by atoms with van der Waals surface area (Å²) in [4.78, 5) is 22.3. The van der Waals surface area contributed by atoms with E-state index in [2.05, 4.69) is 5.32 Å². The van der Waals surface area contributed by atoms with Crippen molar-refractivity contribution < 1.29 is 14.7 Å². The molecular weight excluding hydrogens is 238 g/mol. The molecule has 1 amide bonds. The number of amides is 1. The number of carboxylic acid groups (broad SMARTS) is 1. The lowest BCUT2D eigenvalue weighted by Gasteiger charge is -2.07. The molecule has 0 bridgehead atoms. The maximum absolute atomic E-state index is 11.5. The first-order chi connectivity index (χ1) is 7.99. The van der Waals surface area contributed by atoms with Crippen molar-refractivity contribution in [1.82, 2.24) is 0 Å². The molecule has 92 valence electrons. The van der Waals surface area contributed by atoms with Crippen molar-refractivity contribution in [1.29, 1.82) is 0 Å². The van der Waals surface area contributed by atoms with E-state index in [0.29, 0.717) is 16.7 Å². The topological polar surface area (TPSA) is 66.4 Å². The first-order valence-corrected chi connectivity index (χ1v) is 6.28. The fourth-order valence-electron chi connectivity index (χ4n) is 1.17. The van der Waals surface area contributed by atoms with Crippen molar-refractivity contribution in [2.45, 2.75) is 19.1 Å². The van der Waals surface area contributed by atoms with Crippen LogP contribution in [0.5, 0.6) is 0 Å². The van der Waals surface area contributed by atoms with Gasteiger partial charge in [0.15, 0.2) is 0 Å². The summed E-state index contributed by atoms with van der Waals surface area (Å²) in [6.45, 7) is 4.03. The summed E-state index contributed by atoms with van der Waals surface area (Å²) in [5, 5.41) is 11.9. The van der Waals surface area contributed by atoms with Crippen LogP contribution in [0.25, 0.3) is 0 Å². The Morgan fingerprint density at radius 2 is 2.12 bits per heavy atom. The second-order valence-electron chi connectivity index (χ2n) is 3.79. The molecule has 1 rings (SSSR count). The van der Waals surface area contributed by atoms with Crippen molar-refractivity contribution >= 4 is 29.3 Å². The summed E-state index contributed by atoms with van der Waals surface area (Å²) < 4.78 is 0. The van der Waals surface area contributed by atoms with E-state index < -0.39 is 5.97 Å². The summed E-state index contributed by atoms with van der Waals surface area (Å²) in [6, 6.07) is 6.21. The van der Waals surface area contributed by atoms with Gasteiger partial charge in [0, 0.05) is 5.69 Å². The Morgan fingerprint density at radius 3 is 2.71 bits per heavy atom. The molecule has 4 nitrogen and oxygen atoms in total. The van der Waals surface area contributed by atoms with Crippen molar-refractivity contribution in [2.75, 3.05) is 11.1 Å². The maximum atomic E-state index is 11.5. The van der Waals surface area contributed by atoms with E-state index in [4.69, 9.17) is 5.11 Å². The molecule has 0 atom stereocenters. The molecule has 0 aromatic heterocycles. The molecule has 2 N–H and O–H groups in total. The molecule has 0 radical (unpaired) electrons. The Balaban J connectivity index is 2.59. The van der Waals surface area contributed by atoms with Crippen LogP contribution in [-0.2, 0) is 4.79 Å². The number of carbonyl (C=O) groups is 2. The zero-order chi connectivity index (χ0) is 12.8. The van der Waals surface area contributed by atoms with Crippen LogP contribution in [0, 0.1) is 0 Å². The predicted octanol–water partition coefficient (Wildman–Crippen LogP) is 2.46. The van der Waals surface area contributed by atoms with Gasteiger partial charge in [0.1, 0.15) is 0 Å². The van der Waals surface area contributed by atoms with Gasteiger partial charge in [-0.3, -0.25) is 4.79 Å². The Bertz CT molecular complexity index is 418. The predicted molar refractivity (Wildman–Crippen MR) is 69.6 cm³/mol. The van der Waals surface area contributed by atoms with Gasteiger partial charge in [-0.25, -0.2) is 4.79 Å². The Kier molecular flexibility index (Phi) is 5.03. The van der Waals surface area contributed by atoms with Crippen LogP contribution in [0.15, 0.2) is 24.3 Å². The van der Waals surface area contributed by atoms with Gasteiger partial charge in [-0.15, -0.1) is 11.8 Å². The molecule has 0 heterocycles. The fraction of sp³-hybridized carbons (Fsp3) is 0.333. The minimum absolute atomic E-state index is 0.119. The van der Waals surface area contributed by atoms with Gasteiger partial charge in [-0.1, -0.05) is 19.9 Å². The normalized spacial score (nSPS) is 10.3. The van der Waals surface area contributed by atoms with Crippen molar-refractivity contribution in [3.63, 3.8) is 0 Å². The third-order valence-electron chi connectivity index (χ3n) is 1.94. The number of nitrogens with one attached hydrogen (secondary N) is 1. The number of carboxylic acids is 1. The summed E-state index contributed by atoms with van der Waals surface area (Å²) >= 11 is 1.54. The third-order valence-corrected chi connectivity index (χ3v) is 3.04. The van der Waals surface area contributed by atoms with Crippen LogP contribution in [0.3, 0.4) is 0 Å². The number of hydrogen-bond acceptors (Lipinski definition) is 3. The van der Waals surface area contributed by atoms with Crippen LogP contribution in [0.1, 0.15) is 24.2 Å². The molecule has 0 saturated heterocycles. The number of carbonyl (C=O) groups excluding carboxylic acids is 1. The minimum atomic E-state index is -1.00. The molecule has 0 spiro atoms. The molecule has 1 aromatic rings. The molecule has 17 heavy (non-hydrogen) atoms. The Labute approximate surface area is 104 Å². The lowest BCUT2D eigenvalue weighted by Crippen LogP contribution is -2.15.